The summed E-state index contributed by atoms with van der Waals surface area (Å²) >= 11 is 0. The first-order valence-corrected chi connectivity index (χ1v) is 7.58. The minimum Gasteiger partial charge on any atom is -0.480 e. The highest BCUT2D eigenvalue weighted by Gasteiger charge is 2.15. The number of nitrogens with two attached hydrogens (primary N) is 1. The van der Waals surface area contributed by atoms with Gasteiger partial charge < -0.3 is 17.0 Å². The monoisotopic (exact) mass is 288 g/mol. The van der Waals surface area contributed by atoms with Crippen LogP contribution >= 0.6 is 0 Å². The number of ketones is 1. The lowest BCUT2D eigenvalue weighted by Crippen LogP contribution is -2.32. The highest BCUT2D eigenvalue weighted by molar-refractivity contribution is 5.85. The molecular weight excluding hydrogens is 256 g/mol. The van der Waals surface area contributed by atoms with Crippen LogP contribution in [0, 0.1) is 0 Å². The number of hydrogen-bond donors (Lipinski definition) is 3. The van der Waals surface area contributed by atoms with Crippen molar-refractivity contribution in [3.8, 4) is 0 Å². The molecule has 0 aliphatic rings. The number of aliphatic carboxylic acids is 1. The van der Waals surface area contributed by atoms with Gasteiger partial charge in [0, 0.05) is 12.8 Å². The van der Waals surface area contributed by atoms with Crippen molar-refractivity contribution in [2.24, 2.45) is 5.73 Å². The van der Waals surface area contributed by atoms with Crippen LogP contribution in [0.15, 0.2) is 0 Å². The fourth-order valence-corrected chi connectivity index (χ4v) is 2.07. The van der Waals surface area contributed by atoms with Gasteiger partial charge >= 0.3 is 5.97 Å². The van der Waals surface area contributed by atoms with Gasteiger partial charge in [0.2, 0.25) is 0 Å². The molecule has 0 aromatic heterocycles. The summed E-state index contributed by atoms with van der Waals surface area (Å²) in [6.45, 7) is 2.22. The lowest BCUT2D eigenvalue weighted by Gasteiger charge is -2.05. The zero-order valence-electron chi connectivity index (χ0n) is 12.9. The molecule has 0 heterocycles. The van der Waals surface area contributed by atoms with Crippen molar-refractivity contribution in [1.29, 1.82) is 0 Å². The lowest BCUT2D eigenvalue weighted by molar-refractivity contribution is -0.140. The normalized spacial score (nSPS) is 11.7. The first kappa shape index (κ1) is 21.4. The summed E-state index contributed by atoms with van der Waals surface area (Å²) in [5.74, 6) is -1.13. The molecule has 0 fully saturated rings. The molecule has 5 heteroatoms. The van der Waals surface area contributed by atoms with E-state index in [2.05, 4.69) is 6.92 Å². The summed E-state index contributed by atoms with van der Waals surface area (Å²) in [4.78, 5) is 21.9. The Morgan fingerprint density at radius 2 is 1.40 bits per heavy atom. The smallest absolute Gasteiger partial charge is 0.320 e. The molecule has 0 saturated heterocycles. The molecule has 0 aliphatic heterocycles. The van der Waals surface area contributed by atoms with Crippen LogP contribution in [-0.4, -0.2) is 22.9 Å². The summed E-state index contributed by atoms with van der Waals surface area (Å²) in [6.07, 6.45) is 11.3. The Labute approximate surface area is 122 Å². The van der Waals surface area contributed by atoms with Crippen LogP contribution in [0.4, 0.5) is 0 Å². The standard InChI is InChI=1S/C15H29NO3.H3N/c1-2-3-4-5-6-7-8-9-10-11-13(17)12-14(16)15(18)19;/h14H,2-12,16H2,1H3,(H,18,19);1H3. The van der Waals surface area contributed by atoms with Crippen molar-refractivity contribution in [1.82, 2.24) is 6.15 Å². The molecule has 0 aromatic carbocycles. The maximum absolute atomic E-state index is 11.4. The SMILES string of the molecule is CCCCCCCCCCCC(=O)CC(N)C(=O)O.N. The lowest BCUT2D eigenvalue weighted by atomic mass is 10.0. The maximum atomic E-state index is 11.4. The van der Waals surface area contributed by atoms with Gasteiger partial charge in [-0.05, 0) is 6.42 Å². The van der Waals surface area contributed by atoms with Gasteiger partial charge in [-0.25, -0.2) is 0 Å². The molecule has 0 radical (unpaired) electrons. The average Bonchev–Trinajstić information content (AvgIpc) is 2.36. The molecule has 0 bridgehead atoms. The molecular formula is C15H32N2O3. The molecule has 0 aromatic rings. The van der Waals surface area contributed by atoms with E-state index in [1.165, 1.54) is 44.9 Å². The van der Waals surface area contributed by atoms with Crippen LogP contribution in [-0.2, 0) is 9.59 Å². The van der Waals surface area contributed by atoms with E-state index >= 15 is 0 Å². The Kier molecular flexibility index (Phi) is 15.5. The van der Waals surface area contributed by atoms with Crippen molar-refractivity contribution in [3.63, 3.8) is 0 Å². The summed E-state index contributed by atoms with van der Waals surface area (Å²) in [5.41, 5.74) is 5.31. The fourth-order valence-electron chi connectivity index (χ4n) is 2.07. The minimum atomic E-state index is -1.10. The Bertz CT molecular complexity index is 258. The second-order valence-corrected chi connectivity index (χ2v) is 5.27. The Hall–Kier alpha value is -0.940. The van der Waals surface area contributed by atoms with Crippen molar-refractivity contribution in [2.75, 3.05) is 0 Å². The summed E-state index contributed by atoms with van der Waals surface area (Å²) in [6, 6.07) is -1.04. The second-order valence-electron chi connectivity index (χ2n) is 5.27. The molecule has 5 nitrogen and oxygen atoms in total. The molecule has 20 heavy (non-hydrogen) atoms. The topological polar surface area (TPSA) is 115 Å². The average molecular weight is 288 g/mol. The third-order valence-electron chi connectivity index (χ3n) is 3.32. The second kappa shape index (κ2) is 14.5. The van der Waals surface area contributed by atoms with Crippen LogP contribution in [0.2, 0.25) is 0 Å². The van der Waals surface area contributed by atoms with Crippen LogP contribution in [0.3, 0.4) is 0 Å². The van der Waals surface area contributed by atoms with E-state index in [0.717, 1.165) is 12.8 Å². The zero-order valence-corrected chi connectivity index (χ0v) is 12.9. The number of carboxylic acid groups (broad SMARTS) is 1. The summed E-state index contributed by atoms with van der Waals surface area (Å²) in [7, 11) is 0. The highest BCUT2D eigenvalue weighted by atomic mass is 16.4. The third kappa shape index (κ3) is 13.5. The van der Waals surface area contributed by atoms with Crippen LogP contribution in [0.25, 0.3) is 0 Å². The van der Waals surface area contributed by atoms with E-state index in [1.807, 2.05) is 0 Å². The van der Waals surface area contributed by atoms with Gasteiger partial charge in [0.15, 0.2) is 0 Å². The number of carbonyl (C=O) groups excluding carboxylic acids is 1. The maximum Gasteiger partial charge on any atom is 0.320 e. The van der Waals surface area contributed by atoms with Crippen LogP contribution < -0.4 is 11.9 Å². The number of unbranched alkanes of at least 4 members (excludes halogenated alkanes) is 8. The van der Waals surface area contributed by atoms with Crippen molar-refractivity contribution < 1.29 is 14.7 Å². The quantitative estimate of drug-likeness (QED) is 0.449. The predicted octanol–water partition coefficient (Wildman–Crippen LogP) is 3.44. The molecule has 0 rings (SSSR count). The third-order valence-corrected chi connectivity index (χ3v) is 3.32. The van der Waals surface area contributed by atoms with E-state index < -0.39 is 12.0 Å². The summed E-state index contributed by atoms with van der Waals surface area (Å²) < 4.78 is 0. The number of rotatable bonds is 13. The molecule has 0 aliphatic carbocycles. The summed E-state index contributed by atoms with van der Waals surface area (Å²) in [5, 5.41) is 8.58. The van der Waals surface area contributed by atoms with Gasteiger partial charge in [0.25, 0.3) is 0 Å². The molecule has 0 saturated carbocycles. The predicted molar refractivity (Wildman–Crippen MR) is 82.1 cm³/mol. The van der Waals surface area contributed by atoms with Gasteiger partial charge in [-0.1, -0.05) is 58.3 Å². The molecule has 1 atom stereocenters. The molecule has 0 spiro atoms. The van der Waals surface area contributed by atoms with Crippen molar-refractivity contribution >= 4 is 11.8 Å². The number of carboxylic acids is 1. The highest BCUT2D eigenvalue weighted by Crippen LogP contribution is 2.11. The van der Waals surface area contributed by atoms with E-state index in [1.54, 1.807) is 0 Å². The Morgan fingerprint density at radius 3 is 1.85 bits per heavy atom. The minimum absolute atomic E-state index is 0. The van der Waals surface area contributed by atoms with Crippen LogP contribution in [0.1, 0.15) is 77.6 Å². The van der Waals surface area contributed by atoms with Gasteiger partial charge in [-0.3, -0.25) is 9.59 Å². The molecule has 6 N–H and O–H groups in total. The molecule has 120 valence electrons. The number of carbonyl (C=O) groups is 2. The molecule has 1 unspecified atom stereocenters. The van der Waals surface area contributed by atoms with Gasteiger partial charge in [0.1, 0.15) is 11.8 Å². The van der Waals surface area contributed by atoms with Crippen LogP contribution in [0.5, 0.6) is 0 Å². The Morgan fingerprint density at radius 1 is 0.950 bits per heavy atom. The molecule has 0 amide bonds. The zero-order chi connectivity index (χ0) is 14.5. The number of hydrogen-bond acceptors (Lipinski definition) is 4. The van der Waals surface area contributed by atoms with Gasteiger partial charge in [-0.2, -0.15) is 0 Å². The van der Waals surface area contributed by atoms with E-state index in [0.29, 0.717) is 6.42 Å². The first-order chi connectivity index (χ1) is 9.07. The van der Waals surface area contributed by atoms with E-state index in [9.17, 15) is 9.59 Å². The number of Topliss-reactive ketones (excluding diaryl/α,β-unsaturated/α-hetero) is 1. The van der Waals surface area contributed by atoms with Crippen molar-refractivity contribution in [2.45, 2.75) is 83.6 Å². The largest absolute Gasteiger partial charge is 0.480 e. The van der Waals surface area contributed by atoms with E-state index in [4.69, 9.17) is 10.8 Å². The van der Waals surface area contributed by atoms with Gasteiger partial charge in [-0.15, -0.1) is 0 Å². The van der Waals surface area contributed by atoms with Crippen molar-refractivity contribution in [3.05, 3.63) is 0 Å². The Balaban J connectivity index is 0. The van der Waals surface area contributed by atoms with E-state index in [-0.39, 0.29) is 18.4 Å². The first-order valence-electron chi connectivity index (χ1n) is 7.58. The fraction of sp³-hybridized carbons (Fsp3) is 0.867. The van der Waals surface area contributed by atoms with Gasteiger partial charge in [0.05, 0.1) is 0 Å².